The molecule has 1 aromatic carbocycles. The molecule has 1 atom stereocenters. The van der Waals surface area contributed by atoms with Gasteiger partial charge < -0.3 is 5.32 Å². The lowest BCUT2D eigenvalue weighted by atomic mass is 10.1. The molecule has 1 saturated heterocycles. The summed E-state index contributed by atoms with van der Waals surface area (Å²) in [6, 6.07) is 5.63. The van der Waals surface area contributed by atoms with Gasteiger partial charge in [0.25, 0.3) is 5.69 Å². The van der Waals surface area contributed by atoms with Crippen LogP contribution in [-0.4, -0.2) is 36.0 Å². The van der Waals surface area contributed by atoms with Gasteiger partial charge in [0.05, 0.1) is 4.92 Å². The fourth-order valence-electron chi connectivity index (χ4n) is 2.46. The van der Waals surface area contributed by atoms with Crippen molar-refractivity contribution in [2.45, 2.75) is 25.4 Å². The molecular formula is C13H18BrN3O2. The first kappa shape index (κ1) is 14.4. The van der Waals surface area contributed by atoms with Crippen LogP contribution in [0, 0.1) is 10.1 Å². The Balaban J connectivity index is 2.07. The molecule has 0 aromatic heterocycles. The highest BCUT2D eigenvalue weighted by Crippen LogP contribution is 2.23. The highest BCUT2D eigenvalue weighted by Gasteiger charge is 2.18. The van der Waals surface area contributed by atoms with Crippen molar-refractivity contribution in [3.05, 3.63) is 38.3 Å². The summed E-state index contributed by atoms with van der Waals surface area (Å²) in [5.74, 6) is 0. The van der Waals surface area contributed by atoms with E-state index in [1.807, 2.05) is 6.07 Å². The second-order valence-electron chi connectivity index (χ2n) is 4.99. The van der Waals surface area contributed by atoms with E-state index in [0.29, 0.717) is 6.04 Å². The van der Waals surface area contributed by atoms with Crippen molar-refractivity contribution < 1.29 is 4.92 Å². The molecule has 1 heterocycles. The second-order valence-corrected chi connectivity index (χ2v) is 5.91. The van der Waals surface area contributed by atoms with E-state index in [1.165, 1.54) is 18.9 Å². The molecule has 1 fully saturated rings. The first-order valence-corrected chi connectivity index (χ1v) is 7.20. The minimum absolute atomic E-state index is 0.138. The molecule has 2 rings (SSSR count). The molecule has 1 N–H and O–H groups in total. The zero-order valence-corrected chi connectivity index (χ0v) is 12.5. The van der Waals surface area contributed by atoms with Crippen LogP contribution in [0.15, 0.2) is 22.7 Å². The lowest BCUT2D eigenvalue weighted by Crippen LogP contribution is -2.43. The molecule has 5 nitrogen and oxygen atoms in total. The van der Waals surface area contributed by atoms with Crippen molar-refractivity contribution in [1.82, 2.24) is 10.2 Å². The van der Waals surface area contributed by atoms with Gasteiger partial charge >= 0.3 is 0 Å². The first-order valence-electron chi connectivity index (χ1n) is 6.41. The Morgan fingerprint density at radius 1 is 1.53 bits per heavy atom. The zero-order chi connectivity index (χ0) is 13.8. The summed E-state index contributed by atoms with van der Waals surface area (Å²) < 4.78 is 0.756. The summed E-state index contributed by atoms with van der Waals surface area (Å²) in [5, 5.41) is 14.2. The largest absolute Gasteiger partial charge is 0.315 e. The van der Waals surface area contributed by atoms with Crippen molar-refractivity contribution in [3.8, 4) is 0 Å². The maximum absolute atomic E-state index is 10.9. The SMILES string of the molecule is CN(Cc1cc(Br)cc([N+](=O)[O-])c1)C1CCCNC1. The van der Waals surface area contributed by atoms with Gasteiger partial charge in [-0.3, -0.25) is 15.0 Å². The van der Waals surface area contributed by atoms with Crippen LogP contribution in [-0.2, 0) is 6.54 Å². The number of non-ortho nitro benzene ring substituents is 1. The number of piperidine rings is 1. The van der Waals surface area contributed by atoms with Crippen molar-refractivity contribution >= 4 is 21.6 Å². The molecule has 0 bridgehead atoms. The quantitative estimate of drug-likeness (QED) is 0.682. The van der Waals surface area contributed by atoms with E-state index >= 15 is 0 Å². The lowest BCUT2D eigenvalue weighted by molar-refractivity contribution is -0.385. The fourth-order valence-corrected chi connectivity index (χ4v) is 2.99. The minimum atomic E-state index is -0.351. The summed E-state index contributed by atoms with van der Waals surface area (Å²) in [4.78, 5) is 12.8. The van der Waals surface area contributed by atoms with E-state index < -0.39 is 0 Å². The van der Waals surface area contributed by atoms with Crippen LogP contribution in [0.25, 0.3) is 0 Å². The number of halogens is 1. The van der Waals surface area contributed by atoms with E-state index in [-0.39, 0.29) is 10.6 Å². The Labute approximate surface area is 121 Å². The van der Waals surface area contributed by atoms with Crippen LogP contribution in [0.1, 0.15) is 18.4 Å². The molecule has 0 radical (unpaired) electrons. The summed E-state index contributed by atoms with van der Waals surface area (Å²) in [5.41, 5.74) is 1.11. The third-order valence-electron chi connectivity index (χ3n) is 3.48. The van der Waals surface area contributed by atoms with Gasteiger partial charge in [0.15, 0.2) is 0 Å². The first-order chi connectivity index (χ1) is 9.06. The maximum Gasteiger partial charge on any atom is 0.270 e. The van der Waals surface area contributed by atoms with Crippen molar-refractivity contribution in [2.24, 2.45) is 0 Å². The van der Waals surface area contributed by atoms with Crippen LogP contribution in [0.2, 0.25) is 0 Å². The molecule has 1 aromatic rings. The third-order valence-corrected chi connectivity index (χ3v) is 3.94. The molecule has 1 aliphatic heterocycles. The Kier molecular flexibility index (Phi) is 4.90. The number of hydrogen-bond acceptors (Lipinski definition) is 4. The number of nitrogens with one attached hydrogen (secondary N) is 1. The Hall–Kier alpha value is -0.980. The van der Waals surface area contributed by atoms with E-state index in [9.17, 15) is 10.1 Å². The Bertz CT molecular complexity index is 461. The van der Waals surface area contributed by atoms with Crippen LogP contribution in [0.3, 0.4) is 0 Å². The number of hydrogen-bond donors (Lipinski definition) is 1. The predicted octanol–water partition coefficient (Wildman–Crippen LogP) is 2.54. The van der Waals surface area contributed by atoms with Gasteiger partial charge in [0.2, 0.25) is 0 Å². The zero-order valence-electron chi connectivity index (χ0n) is 10.9. The van der Waals surface area contributed by atoms with Crippen molar-refractivity contribution in [1.29, 1.82) is 0 Å². The summed E-state index contributed by atoms with van der Waals surface area (Å²) >= 11 is 3.33. The monoisotopic (exact) mass is 327 g/mol. The summed E-state index contributed by atoms with van der Waals surface area (Å²) in [6.07, 6.45) is 2.37. The number of nitro groups is 1. The van der Waals surface area contributed by atoms with Gasteiger partial charge in [-0.1, -0.05) is 15.9 Å². The predicted molar refractivity (Wildman–Crippen MR) is 78.2 cm³/mol. The average molecular weight is 328 g/mol. The molecule has 19 heavy (non-hydrogen) atoms. The standard InChI is InChI=1S/C13H18BrN3O2/c1-16(12-3-2-4-15-8-12)9-10-5-11(14)7-13(6-10)17(18)19/h5-7,12,15H,2-4,8-9H2,1H3. The van der Waals surface area contributed by atoms with E-state index in [0.717, 1.165) is 29.7 Å². The fraction of sp³-hybridized carbons (Fsp3) is 0.538. The molecule has 6 heteroatoms. The second kappa shape index (κ2) is 6.45. The van der Waals surface area contributed by atoms with E-state index in [2.05, 4.69) is 33.2 Å². The smallest absolute Gasteiger partial charge is 0.270 e. The van der Waals surface area contributed by atoms with Gasteiger partial charge in [0.1, 0.15) is 0 Å². The van der Waals surface area contributed by atoms with Gasteiger partial charge in [-0.15, -0.1) is 0 Å². The van der Waals surface area contributed by atoms with Crippen LogP contribution >= 0.6 is 15.9 Å². The third kappa shape index (κ3) is 3.99. The highest BCUT2D eigenvalue weighted by molar-refractivity contribution is 9.10. The summed E-state index contributed by atoms with van der Waals surface area (Å²) in [6.45, 7) is 2.81. The Morgan fingerprint density at radius 2 is 2.32 bits per heavy atom. The van der Waals surface area contributed by atoms with Crippen molar-refractivity contribution in [3.63, 3.8) is 0 Å². The molecule has 1 aliphatic rings. The number of benzene rings is 1. The molecule has 1 unspecified atom stereocenters. The normalized spacial score (nSPS) is 19.6. The molecule has 0 amide bonds. The minimum Gasteiger partial charge on any atom is -0.315 e. The molecule has 0 spiro atoms. The Morgan fingerprint density at radius 3 is 2.95 bits per heavy atom. The maximum atomic E-state index is 10.9. The molecule has 104 valence electrons. The van der Waals surface area contributed by atoms with Gasteiger partial charge in [-0.05, 0) is 38.1 Å². The average Bonchev–Trinajstić information content (AvgIpc) is 2.39. The van der Waals surface area contributed by atoms with Crippen LogP contribution in [0.5, 0.6) is 0 Å². The van der Waals surface area contributed by atoms with Gasteiger partial charge in [0, 0.05) is 35.7 Å². The van der Waals surface area contributed by atoms with Crippen molar-refractivity contribution in [2.75, 3.05) is 20.1 Å². The van der Waals surface area contributed by atoms with Crippen LogP contribution in [0.4, 0.5) is 5.69 Å². The highest BCUT2D eigenvalue weighted by atomic mass is 79.9. The van der Waals surface area contributed by atoms with E-state index in [4.69, 9.17) is 0 Å². The van der Waals surface area contributed by atoms with Crippen LogP contribution < -0.4 is 5.32 Å². The van der Waals surface area contributed by atoms with E-state index in [1.54, 1.807) is 6.07 Å². The number of nitro benzene ring substituents is 1. The molecule has 0 aliphatic carbocycles. The topological polar surface area (TPSA) is 58.4 Å². The lowest BCUT2D eigenvalue weighted by Gasteiger charge is -2.31. The number of nitrogens with zero attached hydrogens (tertiary/aromatic N) is 2. The molecule has 0 saturated carbocycles. The number of likely N-dealkylation sites (N-methyl/N-ethyl adjacent to an activating group) is 1. The number of rotatable bonds is 4. The molecular weight excluding hydrogens is 310 g/mol. The van der Waals surface area contributed by atoms with Gasteiger partial charge in [-0.25, -0.2) is 0 Å². The van der Waals surface area contributed by atoms with Gasteiger partial charge in [-0.2, -0.15) is 0 Å². The summed E-state index contributed by atoms with van der Waals surface area (Å²) in [7, 11) is 2.07.